The van der Waals surface area contributed by atoms with Gasteiger partial charge in [0.25, 0.3) is 0 Å². The summed E-state index contributed by atoms with van der Waals surface area (Å²) in [5.41, 5.74) is -0.547. The Morgan fingerprint density at radius 3 is 2.74 bits per heavy atom. The third-order valence-corrected chi connectivity index (χ3v) is 4.28. The van der Waals surface area contributed by atoms with Gasteiger partial charge >= 0.3 is 5.97 Å². The monoisotopic (exact) mass is 270 g/mol. The number of hydrogen-bond acceptors (Lipinski definition) is 4. The van der Waals surface area contributed by atoms with Gasteiger partial charge in [-0.1, -0.05) is 20.3 Å². The first kappa shape index (κ1) is 16.4. The largest absolute Gasteiger partial charge is 0.468 e. The van der Waals surface area contributed by atoms with Gasteiger partial charge in [-0.25, -0.2) is 0 Å². The van der Waals surface area contributed by atoms with E-state index in [1.54, 1.807) is 0 Å². The topological polar surface area (TPSA) is 41.6 Å². The summed E-state index contributed by atoms with van der Waals surface area (Å²) in [5, 5.41) is 3.34. The Morgan fingerprint density at radius 2 is 2.21 bits per heavy atom. The van der Waals surface area contributed by atoms with Crippen molar-refractivity contribution in [3.63, 3.8) is 0 Å². The first-order valence-corrected chi connectivity index (χ1v) is 7.61. The van der Waals surface area contributed by atoms with E-state index in [4.69, 9.17) is 4.74 Å². The molecule has 0 aromatic rings. The molecule has 2 atom stereocenters. The number of carbonyl (C=O) groups excluding carboxylic acids is 1. The molecule has 4 heteroatoms. The molecule has 1 rings (SSSR count). The molecule has 0 aliphatic carbocycles. The number of carbonyl (C=O) groups is 1. The van der Waals surface area contributed by atoms with Crippen LogP contribution in [0.5, 0.6) is 0 Å². The highest BCUT2D eigenvalue weighted by molar-refractivity contribution is 5.80. The van der Waals surface area contributed by atoms with Gasteiger partial charge in [-0.3, -0.25) is 4.79 Å². The van der Waals surface area contributed by atoms with Crippen LogP contribution in [0.15, 0.2) is 0 Å². The van der Waals surface area contributed by atoms with E-state index in [9.17, 15) is 4.79 Å². The maximum atomic E-state index is 12.0. The van der Waals surface area contributed by atoms with Crippen molar-refractivity contribution >= 4 is 5.97 Å². The number of nitrogens with one attached hydrogen (secondary N) is 1. The van der Waals surface area contributed by atoms with E-state index in [1.165, 1.54) is 33.0 Å². The summed E-state index contributed by atoms with van der Waals surface area (Å²) in [7, 11) is 1.47. The molecule has 4 nitrogen and oxygen atoms in total. The van der Waals surface area contributed by atoms with Crippen LogP contribution in [0.25, 0.3) is 0 Å². The van der Waals surface area contributed by atoms with Crippen molar-refractivity contribution in [2.24, 2.45) is 5.92 Å². The number of esters is 1. The normalized spacial score (nSPS) is 23.3. The Morgan fingerprint density at radius 1 is 1.47 bits per heavy atom. The van der Waals surface area contributed by atoms with Gasteiger partial charge in [0, 0.05) is 13.1 Å². The van der Waals surface area contributed by atoms with Crippen molar-refractivity contribution < 1.29 is 9.53 Å². The first-order chi connectivity index (χ1) is 9.05. The van der Waals surface area contributed by atoms with Gasteiger partial charge in [0.05, 0.1) is 7.11 Å². The SMILES string of the molecule is CCCNC(C)(CCN1CCC(CC)C1)C(=O)OC. The second kappa shape index (κ2) is 7.85. The molecule has 2 unspecified atom stereocenters. The summed E-state index contributed by atoms with van der Waals surface area (Å²) < 4.78 is 4.95. The Labute approximate surface area is 117 Å². The molecule has 1 saturated heterocycles. The van der Waals surface area contributed by atoms with E-state index in [0.717, 1.165) is 31.8 Å². The fourth-order valence-electron chi connectivity index (χ4n) is 2.72. The molecule has 0 saturated carbocycles. The lowest BCUT2D eigenvalue weighted by Crippen LogP contribution is -2.52. The molecule has 1 fully saturated rings. The van der Waals surface area contributed by atoms with Gasteiger partial charge in [-0.05, 0) is 45.2 Å². The fourth-order valence-corrected chi connectivity index (χ4v) is 2.72. The molecule has 0 aromatic carbocycles. The highest BCUT2D eigenvalue weighted by Gasteiger charge is 2.34. The zero-order valence-electron chi connectivity index (χ0n) is 13.0. The van der Waals surface area contributed by atoms with E-state index in [1.807, 2.05) is 6.92 Å². The molecule has 1 aliphatic heterocycles. The average molecular weight is 270 g/mol. The Kier molecular flexibility index (Phi) is 6.80. The Hall–Kier alpha value is -0.610. The predicted octanol–water partition coefficient (Wildman–Crippen LogP) is 2.04. The van der Waals surface area contributed by atoms with Crippen LogP contribution in [-0.4, -0.2) is 49.7 Å². The van der Waals surface area contributed by atoms with Gasteiger partial charge in [-0.2, -0.15) is 0 Å². The first-order valence-electron chi connectivity index (χ1n) is 7.61. The van der Waals surface area contributed by atoms with Crippen LogP contribution in [0.3, 0.4) is 0 Å². The van der Waals surface area contributed by atoms with Gasteiger partial charge in [0.1, 0.15) is 5.54 Å². The number of hydrogen-bond donors (Lipinski definition) is 1. The van der Waals surface area contributed by atoms with Crippen molar-refractivity contribution in [2.45, 2.75) is 52.0 Å². The molecule has 0 amide bonds. The molecule has 0 bridgehead atoms. The van der Waals surface area contributed by atoms with E-state index in [0.29, 0.717) is 0 Å². The zero-order valence-corrected chi connectivity index (χ0v) is 13.0. The van der Waals surface area contributed by atoms with E-state index in [2.05, 4.69) is 24.1 Å². The fraction of sp³-hybridized carbons (Fsp3) is 0.933. The van der Waals surface area contributed by atoms with Crippen LogP contribution in [-0.2, 0) is 9.53 Å². The molecular weight excluding hydrogens is 240 g/mol. The summed E-state index contributed by atoms with van der Waals surface area (Å²) in [5.74, 6) is 0.695. The zero-order chi connectivity index (χ0) is 14.3. The molecule has 19 heavy (non-hydrogen) atoms. The third kappa shape index (κ3) is 4.77. The molecule has 1 heterocycles. The number of rotatable bonds is 8. The number of ether oxygens (including phenoxy) is 1. The maximum absolute atomic E-state index is 12.0. The molecule has 0 aromatic heterocycles. The number of methoxy groups -OCH3 is 1. The second-order valence-corrected chi connectivity index (χ2v) is 5.86. The molecule has 1 N–H and O–H groups in total. The average Bonchev–Trinajstić information content (AvgIpc) is 2.90. The van der Waals surface area contributed by atoms with Crippen LogP contribution < -0.4 is 5.32 Å². The molecular formula is C15H30N2O2. The van der Waals surface area contributed by atoms with Crippen molar-refractivity contribution in [3.8, 4) is 0 Å². The van der Waals surface area contributed by atoms with Gasteiger partial charge in [0.2, 0.25) is 0 Å². The van der Waals surface area contributed by atoms with Gasteiger partial charge < -0.3 is 15.0 Å². The molecule has 1 aliphatic rings. The van der Waals surface area contributed by atoms with Crippen LogP contribution in [0.1, 0.15) is 46.5 Å². The summed E-state index contributed by atoms with van der Waals surface area (Å²) >= 11 is 0. The standard InChI is InChI=1S/C15H30N2O2/c1-5-9-16-15(3,14(18)19-4)8-11-17-10-7-13(6-2)12-17/h13,16H,5-12H2,1-4H3. The van der Waals surface area contributed by atoms with E-state index < -0.39 is 5.54 Å². The van der Waals surface area contributed by atoms with Gasteiger partial charge in [-0.15, -0.1) is 0 Å². The smallest absolute Gasteiger partial charge is 0.325 e. The van der Waals surface area contributed by atoms with Crippen molar-refractivity contribution in [1.29, 1.82) is 0 Å². The summed E-state index contributed by atoms with van der Waals surface area (Å²) in [6.45, 7) is 10.5. The molecule has 0 spiro atoms. The summed E-state index contributed by atoms with van der Waals surface area (Å²) in [6, 6.07) is 0. The minimum atomic E-state index is -0.547. The number of likely N-dealkylation sites (tertiary alicyclic amines) is 1. The quantitative estimate of drug-likeness (QED) is 0.685. The van der Waals surface area contributed by atoms with Gasteiger partial charge in [0.15, 0.2) is 0 Å². The van der Waals surface area contributed by atoms with E-state index in [-0.39, 0.29) is 5.97 Å². The minimum Gasteiger partial charge on any atom is -0.468 e. The number of nitrogens with zero attached hydrogens (tertiary/aromatic N) is 1. The lowest BCUT2D eigenvalue weighted by molar-refractivity contribution is -0.148. The lowest BCUT2D eigenvalue weighted by Gasteiger charge is -2.30. The summed E-state index contributed by atoms with van der Waals surface area (Å²) in [6.07, 6.45) is 4.40. The maximum Gasteiger partial charge on any atom is 0.325 e. The minimum absolute atomic E-state index is 0.146. The predicted molar refractivity (Wildman–Crippen MR) is 78.2 cm³/mol. The van der Waals surface area contributed by atoms with Crippen molar-refractivity contribution in [2.75, 3.05) is 33.3 Å². The molecule has 112 valence electrons. The third-order valence-electron chi connectivity index (χ3n) is 4.28. The molecule has 0 radical (unpaired) electrons. The van der Waals surface area contributed by atoms with Crippen LogP contribution in [0.2, 0.25) is 0 Å². The highest BCUT2D eigenvalue weighted by Crippen LogP contribution is 2.21. The van der Waals surface area contributed by atoms with Crippen LogP contribution in [0, 0.1) is 5.92 Å². The Balaban J connectivity index is 2.46. The van der Waals surface area contributed by atoms with E-state index >= 15 is 0 Å². The Bertz CT molecular complexity index is 283. The van der Waals surface area contributed by atoms with Crippen LogP contribution in [0.4, 0.5) is 0 Å². The van der Waals surface area contributed by atoms with Crippen molar-refractivity contribution in [1.82, 2.24) is 10.2 Å². The van der Waals surface area contributed by atoms with Crippen LogP contribution >= 0.6 is 0 Å². The highest BCUT2D eigenvalue weighted by atomic mass is 16.5. The summed E-state index contributed by atoms with van der Waals surface area (Å²) in [4.78, 5) is 14.4. The second-order valence-electron chi connectivity index (χ2n) is 5.86. The van der Waals surface area contributed by atoms with Crippen molar-refractivity contribution in [3.05, 3.63) is 0 Å². The lowest BCUT2D eigenvalue weighted by atomic mass is 9.97.